The van der Waals surface area contributed by atoms with E-state index in [4.69, 9.17) is 14.5 Å². The van der Waals surface area contributed by atoms with Crippen LogP contribution >= 0.6 is 0 Å². The second-order valence-electron chi connectivity index (χ2n) is 10.4. The van der Waals surface area contributed by atoms with Crippen molar-refractivity contribution in [3.63, 3.8) is 0 Å². The fraction of sp³-hybridized carbons (Fsp3) is 0.412. The van der Waals surface area contributed by atoms with Crippen molar-refractivity contribution in [2.45, 2.75) is 72.3 Å². The lowest BCUT2D eigenvalue weighted by molar-refractivity contribution is -0.123. The fourth-order valence-electron chi connectivity index (χ4n) is 4.82. The van der Waals surface area contributed by atoms with Gasteiger partial charge in [-0.3, -0.25) is 4.79 Å². The van der Waals surface area contributed by atoms with Crippen LogP contribution in [0, 0.1) is 13.8 Å². The van der Waals surface area contributed by atoms with Gasteiger partial charge in [0.15, 0.2) is 6.61 Å². The van der Waals surface area contributed by atoms with Gasteiger partial charge in [-0.1, -0.05) is 49.7 Å². The number of ether oxygens (including phenoxy) is 2. The quantitative estimate of drug-likeness (QED) is 0.155. The van der Waals surface area contributed by atoms with Gasteiger partial charge in [0.2, 0.25) is 0 Å². The number of fused-ring (bicyclic) bond motifs is 1. The van der Waals surface area contributed by atoms with E-state index in [1.165, 1.54) is 11.1 Å². The molecule has 40 heavy (non-hydrogen) atoms. The second kappa shape index (κ2) is 15.1. The number of aryl methyl sites for hydroxylation is 5. The van der Waals surface area contributed by atoms with Gasteiger partial charge in [0.1, 0.15) is 17.3 Å². The molecule has 0 atom stereocenters. The maximum Gasteiger partial charge on any atom is 0.257 e. The number of hydrogen-bond acceptors (Lipinski definition) is 4. The van der Waals surface area contributed by atoms with Crippen LogP contribution in [0.3, 0.4) is 0 Å². The standard InChI is InChI=1S/C34H43N3O3/c1-4-28-17-19-29(20-18-28)39-23-11-10-22-37-31-13-8-7-12-30(31)36-33(37)14-6-5-9-21-35-34(38)25-40-32-24-26(2)15-16-27(32)3/h7-8,12-13,15-20,24H,4-6,9-11,14,21-23,25H2,1-3H3,(H,35,38). The number of nitrogens with zero attached hydrogens (tertiary/aromatic N) is 2. The zero-order valence-electron chi connectivity index (χ0n) is 24.2. The molecule has 4 aromatic rings. The fourth-order valence-corrected chi connectivity index (χ4v) is 4.82. The number of unbranched alkanes of at least 4 members (excludes halogenated alkanes) is 3. The van der Waals surface area contributed by atoms with Gasteiger partial charge in [-0.05, 0) is 93.0 Å². The number of para-hydroxylation sites is 2. The Kier molecular flexibility index (Phi) is 11.0. The molecule has 4 rings (SSSR count). The predicted molar refractivity (Wildman–Crippen MR) is 162 cm³/mol. The summed E-state index contributed by atoms with van der Waals surface area (Å²) in [6.07, 6.45) is 7.01. The molecule has 0 saturated carbocycles. The highest BCUT2D eigenvalue weighted by atomic mass is 16.5. The van der Waals surface area contributed by atoms with Gasteiger partial charge in [-0.25, -0.2) is 4.98 Å². The molecule has 6 nitrogen and oxygen atoms in total. The van der Waals surface area contributed by atoms with Crippen molar-refractivity contribution in [1.82, 2.24) is 14.9 Å². The zero-order valence-corrected chi connectivity index (χ0v) is 24.2. The first-order valence-electron chi connectivity index (χ1n) is 14.7. The first-order valence-corrected chi connectivity index (χ1v) is 14.7. The highest BCUT2D eigenvalue weighted by molar-refractivity contribution is 5.77. The number of benzene rings is 3. The second-order valence-corrected chi connectivity index (χ2v) is 10.4. The van der Waals surface area contributed by atoms with Gasteiger partial charge in [-0.15, -0.1) is 0 Å². The van der Waals surface area contributed by atoms with Crippen LogP contribution in [0.2, 0.25) is 0 Å². The normalized spacial score (nSPS) is 11.1. The van der Waals surface area contributed by atoms with Crippen molar-refractivity contribution in [3.05, 3.63) is 89.2 Å². The Hall–Kier alpha value is -3.80. The average Bonchev–Trinajstić information content (AvgIpc) is 3.32. The van der Waals surface area contributed by atoms with E-state index in [9.17, 15) is 4.79 Å². The lowest BCUT2D eigenvalue weighted by Crippen LogP contribution is -2.29. The van der Waals surface area contributed by atoms with Crippen LogP contribution in [0.1, 0.15) is 61.5 Å². The van der Waals surface area contributed by atoms with Gasteiger partial charge in [0, 0.05) is 19.5 Å². The number of rotatable bonds is 16. The molecular weight excluding hydrogens is 498 g/mol. The van der Waals surface area contributed by atoms with E-state index in [0.29, 0.717) is 6.54 Å². The molecule has 0 unspecified atom stereocenters. The maximum absolute atomic E-state index is 12.2. The van der Waals surface area contributed by atoms with Crippen LogP contribution in [0.5, 0.6) is 11.5 Å². The molecule has 0 aliphatic rings. The van der Waals surface area contributed by atoms with Gasteiger partial charge < -0.3 is 19.4 Å². The van der Waals surface area contributed by atoms with Crippen LogP contribution in [-0.4, -0.2) is 35.2 Å². The number of nitrogens with one attached hydrogen (secondary N) is 1. The van der Waals surface area contributed by atoms with Gasteiger partial charge in [0.05, 0.1) is 17.6 Å². The Labute approximate surface area is 238 Å². The van der Waals surface area contributed by atoms with E-state index in [1.54, 1.807) is 0 Å². The molecule has 0 aliphatic heterocycles. The SMILES string of the molecule is CCc1ccc(OCCCCn2c(CCCCCNC(=O)COc3cc(C)ccc3C)nc3ccccc32)cc1. The molecule has 3 aromatic carbocycles. The van der Waals surface area contributed by atoms with Crippen LogP contribution in [0.15, 0.2) is 66.7 Å². The number of carbonyl (C=O) groups excluding carboxylic acids is 1. The topological polar surface area (TPSA) is 65.4 Å². The third-order valence-electron chi connectivity index (χ3n) is 7.21. The summed E-state index contributed by atoms with van der Waals surface area (Å²) in [5.74, 6) is 2.77. The van der Waals surface area contributed by atoms with Crippen molar-refractivity contribution < 1.29 is 14.3 Å². The highest BCUT2D eigenvalue weighted by Gasteiger charge is 2.10. The van der Waals surface area contributed by atoms with Crippen molar-refractivity contribution in [2.75, 3.05) is 19.8 Å². The van der Waals surface area contributed by atoms with Gasteiger partial charge in [-0.2, -0.15) is 0 Å². The van der Waals surface area contributed by atoms with E-state index < -0.39 is 0 Å². The molecule has 212 valence electrons. The number of hydrogen-bond donors (Lipinski definition) is 1. The number of amides is 1. The average molecular weight is 542 g/mol. The van der Waals surface area contributed by atoms with E-state index in [2.05, 4.69) is 59.3 Å². The zero-order chi connectivity index (χ0) is 28.2. The Morgan fingerprint density at radius 1 is 0.900 bits per heavy atom. The first kappa shape index (κ1) is 29.2. The van der Waals surface area contributed by atoms with E-state index in [0.717, 1.165) is 92.1 Å². The molecular formula is C34H43N3O3. The highest BCUT2D eigenvalue weighted by Crippen LogP contribution is 2.20. The molecule has 0 fully saturated rings. The first-order chi connectivity index (χ1) is 19.5. The molecule has 6 heteroatoms. The summed E-state index contributed by atoms with van der Waals surface area (Å²) in [6.45, 7) is 8.53. The smallest absolute Gasteiger partial charge is 0.257 e. The summed E-state index contributed by atoms with van der Waals surface area (Å²) in [7, 11) is 0. The summed E-state index contributed by atoms with van der Waals surface area (Å²) in [5.41, 5.74) is 5.74. The Morgan fingerprint density at radius 2 is 1.73 bits per heavy atom. The molecule has 0 saturated heterocycles. The Bertz CT molecular complexity index is 1360. The minimum atomic E-state index is -0.0790. The molecule has 1 N–H and O–H groups in total. The molecule has 0 aliphatic carbocycles. The molecule has 1 aromatic heterocycles. The van der Waals surface area contributed by atoms with E-state index in [-0.39, 0.29) is 12.5 Å². The van der Waals surface area contributed by atoms with Crippen molar-refractivity contribution in [2.24, 2.45) is 0 Å². The third-order valence-corrected chi connectivity index (χ3v) is 7.21. The van der Waals surface area contributed by atoms with Crippen LogP contribution in [0.25, 0.3) is 11.0 Å². The van der Waals surface area contributed by atoms with Crippen molar-refractivity contribution in [1.29, 1.82) is 0 Å². The minimum Gasteiger partial charge on any atom is -0.494 e. The lowest BCUT2D eigenvalue weighted by Gasteiger charge is -2.11. The molecule has 1 amide bonds. The summed E-state index contributed by atoms with van der Waals surface area (Å²) in [5, 5.41) is 2.98. The lowest BCUT2D eigenvalue weighted by atomic mass is 10.1. The monoisotopic (exact) mass is 541 g/mol. The van der Waals surface area contributed by atoms with Crippen LogP contribution in [-0.2, 0) is 24.2 Å². The Morgan fingerprint density at radius 3 is 2.55 bits per heavy atom. The summed E-state index contributed by atoms with van der Waals surface area (Å²) >= 11 is 0. The van der Waals surface area contributed by atoms with Crippen LogP contribution in [0.4, 0.5) is 0 Å². The maximum atomic E-state index is 12.2. The van der Waals surface area contributed by atoms with Gasteiger partial charge >= 0.3 is 0 Å². The Balaban J connectivity index is 1.16. The predicted octanol–water partition coefficient (Wildman–Crippen LogP) is 6.98. The molecule has 0 radical (unpaired) electrons. The number of carbonyl (C=O) groups is 1. The minimum absolute atomic E-state index is 0.0461. The van der Waals surface area contributed by atoms with E-state index in [1.807, 2.05) is 38.1 Å². The number of aromatic nitrogens is 2. The largest absolute Gasteiger partial charge is 0.494 e. The summed E-state index contributed by atoms with van der Waals surface area (Å²) in [6, 6.07) is 22.8. The van der Waals surface area contributed by atoms with E-state index >= 15 is 0 Å². The molecule has 0 bridgehead atoms. The van der Waals surface area contributed by atoms with Crippen molar-refractivity contribution >= 4 is 16.9 Å². The molecule has 0 spiro atoms. The third kappa shape index (κ3) is 8.60. The van der Waals surface area contributed by atoms with Crippen LogP contribution < -0.4 is 14.8 Å². The summed E-state index contributed by atoms with van der Waals surface area (Å²) in [4.78, 5) is 17.1. The summed E-state index contributed by atoms with van der Waals surface area (Å²) < 4.78 is 14.0. The van der Waals surface area contributed by atoms with Crippen molar-refractivity contribution in [3.8, 4) is 11.5 Å². The van der Waals surface area contributed by atoms with Gasteiger partial charge in [0.25, 0.3) is 5.91 Å². The number of imidazole rings is 1. The molecule has 1 heterocycles.